The number of ether oxygens (including phenoxy) is 2. The zero-order valence-electron chi connectivity index (χ0n) is 17.0. The second kappa shape index (κ2) is 8.98. The lowest BCUT2D eigenvalue weighted by molar-refractivity contribution is -0.132. The molecular formula is C23H25N3O4. The molecule has 0 spiro atoms. The second-order valence-electron chi connectivity index (χ2n) is 7.44. The predicted octanol–water partition coefficient (Wildman–Crippen LogP) is 3.20. The van der Waals surface area contributed by atoms with Crippen LogP contribution in [0.4, 0.5) is 0 Å². The number of hydrazone groups is 1. The third-order valence-electron chi connectivity index (χ3n) is 5.16. The largest absolute Gasteiger partial charge is 0.490 e. The summed E-state index contributed by atoms with van der Waals surface area (Å²) >= 11 is 0. The van der Waals surface area contributed by atoms with Gasteiger partial charge in [-0.2, -0.15) is 5.10 Å². The fraction of sp³-hybridized carbons (Fsp3) is 0.348. The molecule has 1 atom stereocenters. The summed E-state index contributed by atoms with van der Waals surface area (Å²) < 4.78 is 11.4. The van der Waals surface area contributed by atoms with E-state index in [0.717, 1.165) is 23.3 Å². The van der Waals surface area contributed by atoms with Gasteiger partial charge in [-0.05, 0) is 30.2 Å². The van der Waals surface area contributed by atoms with E-state index in [1.807, 2.05) is 55.5 Å². The van der Waals surface area contributed by atoms with Gasteiger partial charge < -0.3 is 14.8 Å². The number of carbonyl (C=O) groups excluding carboxylic acids is 2. The molecule has 30 heavy (non-hydrogen) atoms. The number of fused-ring (bicyclic) bond motifs is 1. The smallest absolute Gasteiger partial charge is 0.267 e. The van der Waals surface area contributed by atoms with Crippen molar-refractivity contribution in [3.8, 4) is 11.5 Å². The molecule has 0 fully saturated rings. The fourth-order valence-corrected chi connectivity index (χ4v) is 3.46. The molecule has 156 valence electrons. The molecule has 2 aliphatic heterocycles. The third-order valence-corrected chi connectivity index (χ3v) is 5.16. The van der Waals surface area contributed by atoms with Crippen LogP contribution in [0.25, 0.3) is 0 Å². The van der Waals surface area contributed by atoms with Crippen molar-refractivity contribution in [1.29, 1.82) is 0 Å². The van der Waals surface area contributed by atoms with Crippen LogP contribution in [0.1, 0.15) is 43.4 Å². The molecule has 2 aliphatic rings. The molecular weight excluding hydrogens is 382 g/mol. The standard InChI is InChI=1S/C23H25N3O4/c1-16(18-8-10-20-21(14-18)30-13-5-12-29-20)24-23(28)19-9-11-22(27)26(25-19)15-17-6-3-2-4-7-17/h2-4,6-8,10,14,16H,5,9,11-13,15H2,1H3,(H,24,28). The van der Waals surface area contributed by atoms with E-state index in [-0.39, 0.29) is 24.3 Å². The minimum atomic E-state index is -0.264. The molecule has 2 amide bonds. The van der Waals surface area contributed by atoms with Gasteiger partial charge in [0.05, 0.1) is 25.8 Å². The first kappa shape index (κ1) is 19.9. The summed E-state index contributed by atoms with van der Waals surface area (Å²) in [6, 6.07) is 15.1. The average Bonchev–Trinajstić information content (AvgIpc) is 3.00. The summed E-state index contributed by atoms with van der Waals surface area (Å²) in [5.41, 5.74) is 2.25. The molecule has 1 unspecified atom stereocenters. The Kier molecular flexibility index (Phi) is 5.97. The highest BCUT2D eigenvalue weighted by atomic mass is 16.5. The molecule has 1 N–H and O–H groups in total. The van der Waals surface area contributed by atoms with Crippen molar-refractivity contribution in [2.75, 3.05) is 13.2 Å². The number of hydrogen-bond donors (Lipinski definition) is 1. The van der Waals surface area contributed by atoms with Gasteiger partial charge in [-0.15, -0.1) is 0 Å². The minimum Gasteiger partial charge on any atom is -0.490 e. The maximum atomic E-state index is 12.8. The molecule has 0 bridgehead atoms. The molecule has 2 heterocycles. The summed E-state index contributed by atoms with van der Waals surface area (Å²) in [5, 5.41) is 8.70. The topological polar surface area (TPSA) is 80.2 Å². The lowest BCUT2D eigenvalue weighted by atomic mass is 10.1. The van der Waals surface area contributed by atoms with Crippen LogP contribution in [0.15, 0.2) is 53.6 Å². The summed E-state index contributed by atoms with van der Waals surface area (Å²) in [4.78, 5) is 25.0. The van der Waals surface area contributed by atoms with Gasteiger partial charge >= 0.3 is 0 Å². The molecule has 0 saturated heterocycles. The van der Waals surface area contributed by atoms with Gasteiger partial charge in [0.1, 0.15) is 5.71 Å². The first-order chi connectivity index (χ1) is 14.6. The van der Waals surface area contributed by atoms with E-state index in [9.17, 15) is 9.59 Å². The van der Waals surface area contributed by atoms with E-state index >= 15 is 0 Å². The normalized spacial score (nSPS) is 17.0. The molecule has 4 rings (SSSR count). The fourth-order valence-electron chi connectivity index (χ4n) is 3.46. The first-order valence-corrected chi connectivity index (χ1v) is 10.2. The van der Waals surface area contributed by atoms with Crippen LogP contribution in [0.3, 0.4) is 0 Å². The first-order valence-electron chi connectivity index (χ1n) is 10.2. The van der Waals surface area contributed by atoms with Crippen molar-refractivity contribution in [3.05, 3.63) is 59.7 Å². The quantitative estimate of drug-likeness (QED) is 0.825. The van der Waals surface area contributed by atoms with Gasteiger partial charge in [0.2, 0.25) is 5.91 Å². The zero-order chi connectivity index (χ0) is 20.9. The molecule has 0 radical (unpaired) electrons. The van der Waals surface area contributed by atoms with Crippen LogP contribution < -0.4 is 14.8 Å². The molecule has 2 aromatic carbocycles. The van der Waals surface area contributed by atoms with Crippen LogP contribution in [0.5, 0.6) is 11.5 Å². The Bertz CT molecular complexity index is 958. The van der Waals surface area contributed by atoms with Crippen molar-refractivity contribution in [1.82, 2.24) is 10.3 Å². The van der Waals surface area contributed by atoms with Crippen molar-refractivity contribution < 1.29 is 19.1 Å². The van der Waals surface area contributed by atoms with E-state index in [4.69, 9.17) is 9.47 Å². The van der Waals surface area contributed by atoms with Crippen LogP contribution in [0, 0.1) is 0 Å². The van der Waals surface area contributed by atoms with Gasteiger partial charge in [-0.3, -0.25) is 9.59 Å². The second-order valence-corrected chi connectivity index (χ2v) is 7.44. The van der Waals surface area contributed by atoms with Crippen LogP contribution in [-0.4, -0.2) is 35.7 Å². The number of benzene rings is 2. The SMILES string of the molecule is CC(NC(=O)C1=NN(Cc2ccccc2)C(=O)CC1)c1ccc2c(c1)OCCCO2. The Morgan fingerprint density at radius 3 is 2.67 bits per heavy atom. The summed E-state index contributed by atoms with van der Waals surface area (Å²) in [5.74, 6) is 1.08. The minimum absolute atomic E-state index is 0.0775. The van der Waals surface area contributed by atoms with Crippen LogP contribution >= 0.6 is 0 Å². The lowest BCUT2D eigenvalue weighted by Gasteiger charge is -2.24. The number of nitrogens with zero attached hydrogens (tertiary/aromatic N) is 2. The third kappa shape index (κ3) is 4.62. The zero-order valence-corrected chi connectivity index (χ0v) is 17.0. The van der Waals surface area contributed by atoms with E-state index in [1.54, 1.807) is 0 Å². The predicted molar refractivity (Wildman–Crippen MR) is 112 cm³/mol. The van der Waals surface area contributed by atoms with E-state index in [2.05, 4.69) is 10.4 Å². The number of hydrogen-bond acceptors (Lipinski definition) is 5. The van der Waals surface area contributed by atoms with E-state index in [1.165, 1.54) is 5.01 Å². The van der Waals surface area contributed by atoms with Crippen molar-refractivity contribution in [3.63, 3.8) is 0 Å². The number of nitrogens with one attached hydrogen (secondary N) is 1. The van der Waals surface area contributed by atoms with Gasteiger partial charge in [0, 0.05) is 19.3 Å². The molecule has 7 heteroatoms. The molecule has 2 aromatic rings. The Balaban J connectivity index is 1.44. The van der Waals surface area contributed by atoms with E-state index in [0.29, 0.717) is 37.6 Å². The summed E-state index contributed by atoms with van der Waals surface area (Å²) in [6.45, 7) is 3.51. The van der Waals surface area contributed by atoms with Crippen molar-refractivity contribution in [2.45, 2.75) is 38.8 Å². The molecule has 7 nitrogen and oxygen atoms in total. The Morgan fingerprint density at radius 1 is 1.10 bits per heavy atom. The monoisotopic (exact) mass is 407 g/mol. The maximum Gasteiger partial charge on any atom is 0.267 e. The number of rotatable bonds is 5. The number of carbonyl (C=O) groups is 2. The van der Waals surface area contributed by atoms with Gasteiger partial charge in [-0.1, -0.05) is 36.4 Å². The Hall–Kier alpha value is -3.35. The van der Waals surface area contributed by atoms with Crippen molar-refractivity contribution in [2.24, 2.45) is 5.10 Å². The van der Waals surface area contributed by atoms with Crippen LogP contribution in [0.2, 0.25) is 0 Å². The van der Waals surface area contributed by atoms with Gasteiger partial charge in [-0.25, -0.2) is 5.01 Å². The molecule has 0 aromatic heterocycles. The summed E-state index contributed by atoms with van der Waals surface area (Å²) in [6.07, 6.45) is 1.45. The highest BCUT2D eigenvalue weighted by Crippen LogP contribution is 2.32. The molecule has 0 aliphatic carbocycles. The van der Waals surface area contributed by atoms with Gasteiger partial charge in [0.25, 0.3) is 5.91 Å². The summed E-state index contributed by atoms with van der Waals surface area (Å²) in [7, 11) is 0. The van der Waals surface area contributed by atoms with Crippen LogP contribution in [-0.2, 0) is 16.1 Å². The van der Waals surface area contributed by atoms with Crippen molar-refractivity contribution >= 4 is 17.5 Å². The highest BCUT2D eigenvalue weighted by Gasteiger charge is 2.25. The average molecular weight is 407 g/mol. The lowest BCUT2D eigenvalue weighted by Crippen LogP contribution is -2.39. The molecule has 0 saturated carbocycles. The van der Waals surface area contributed by atoms with Gasteiger partial charge in [0.15, 0.2) is 11.5 Å². The highest BCUT2D eigenvalue weighted by molar-refractivity contribution is 6.39. The number of amides is 2. The Labute approximate surface area is 175 Å². The Morgan fingerprint density at radius 2 is 1.87 bits per heavy atom. The van der Waals surface area contributed by atoms with E-state index < -0.39 is 0 Å². The maximum absolute atomic E-state index is 12.8.